The third kappa shape index (κ3) is 3.20. The maximum absolute atomic E-state index is 15.4. The second-order valence-electron chi connectivity index (χ2n) is 7.66. The van der Waals surface area contributed by atoms with E-state index >= 15 is 4.39 Å². The molecule has 3 atom stereocenters. The predicted molar refractivity (Wildman–Crippen MR) is 88.4 cm³/mol. The number of aliphatic hydroxyl groups is 1. The molecular formula is C18H23FN2O4. The molecular weight excluding hydrogens is 327 g/mol. The number of halogens is 1. The third-order valence-corrected chi connectivity index (χ3v) is 4.58. The van der Waals surface area contributed by atoms with E-state index in [0.29, 0.717) is 0 Å². The van der Waals surface area contributed by atoms with Crippen molar-refractivity contribution >= 4 is 12.0 Å². The number of hydrogen-bond donors (Lipinski definition) is 1. The molecule has 2 aliphatic rings. The van der Waals surface area contributed by atoms with Crippen LogP contribution < -0.4 is 0 Å². The topological polar surface area (TPSA) is 70.1 Å². The van der Waals surface area contributed by atoms with E-state index in [1.54, 1.807) is 20.8 Å². The van der Waals surface area contributed by atoms with Gasteiger partial charge in [-0.2, -0.15) is 0 Å². The summed E-state index contributed by atoms with van der Waals surface area (Å²) in [6, 6.07) is 8.29. The van der Waals surface area contributed by atoms with Gasteiger partial charge in [-0.25, -0.2) is 9.18 Å². The van der Waals surface area contributed by atoms with Crippen molar-refractivity contribution in [3.05, 3.63) is 35.9 Å². The van der Waals surface area contributed by atoms with E-state index in [1.165, 1.54) is 9.80 Å². The molecule has 2 aliphatic heterocycles. The van der Waals surface area contributed by atoms with Gasteiger partial charge in [0.2, 0.25) is 0 Å². The number of aliphatic hydroxyl groups excluding tert-OH is 1. The van der Waals surface area contributed by atoms with Crippen LogP contribution in [0.15, 0.2) is 30.3 Å². The summed E-state index contributed by atoms with van der Waals surface area (Å²) in [5.74, 6) is -0.639. The predicted octanol–water partition coefficient (Wildman–Crippen LogP) is 1.72. The monoisotopic (exact) mass is 350 g/mol. The first kappa shape index (κ1) is 17.7. The largest absolute Gasteiger partial charge is 0.444 e. The number of hydrogen-bond acceptors (Lipinski definition) is 4. The van der Waals surface area contributed by atoms with Gasteiger partial charge >= 0.3 is 6.09 Å². The van der Waals surface area contributed by atoms with Crippen LogP contribution in [0.3, 0.4) is 0 Å². The quantitative estimate of drug-likeness (QED) is 0.882. The van der Waals surface area contributed by atoms with Gasteiger partial charge in [-0.3, -0.25) is 4.79 Å². The summed E-state index contributed by atoms with van der Waals surface area (Å²) in [7, 11) is 0. The number of rotatable bonds is 2. The van der Waals surface area contributed by atoms with E-state index in [9.17, 15) is 14.7 Å². The van der Waals surface area contributed by atoms with Gasteiger partial charge < -0.3 is 19.6 Å². The van der Waals surface area contributed by atoms with Gasteiger partial charge in [0.25, 0.3) is 5.91 Å². The Bertz CT molecular complexity index is 675. The van der Waals surface area contributed by atoms with E-state index < -0.39 is 35.4 Å². The number of fused-ring (bicyclic) bond motifs is 1. The molecule has 0 bridgehead atoms. The first-order valence-electron chi connectivity index (χ1n) is 8.31. The number of likely N-dealkylation sites (tertiary alicyclic amines) is 2. The number of ether oxygens (including phenoxy) is 1. The molecule has 0 saturated carbocycles. The number of carbonyl (C=O) groups excluding carboxylic acids is 2. The van der Waals surface area contributed by atoms with Gasteiger partial charge in [0, 0.05) is 13.1 Å². The fraction of sp³-hybridized carbons (Fsp3) is 0.556. The minimum Gasteiger partial charge on any atom is -0.444 e. The summed E-state index contributed by atoms with van der Waals surface area (Å²) < 4.78 is 20.7. The van der Waals surface area contributed by atoms with Gasteiger partial charge in [0.05, 0.1) is 12.6 Å². The van der Waals surface area contributed by atoms with Crippen LogP contribution in [0.25, 0.3) is 0 Å². The highest BCUT2D eigenvalue weighted by molar-refractivity contribution is 5.86. The van der Waals surface area contributed by atoms with E-state index in [1.807, 2.05) is 30.3 Å². The van der Waals surface area contributed by atoms with Gasteiger partial charge in [-0.15, -0.1) is 0 Å². The van der Waals surface area contributed by atoms with Gasteiger partial charge in [0.1, 0.15) is 5.60 Å². The highest BCUT2D eigenvalue weighted by Gasteiger charge is 2.65. The number of amides is 2. The summed E-state index contributed by atoms with van der Waals surface area (Å²) >= 11 is 0. The Morgan fingerprint density at radius 1 is 1.36 bits per heavy atom. The van der Waals surface area contributed by atoms with E-state index in [-0.39, 0.29) is 19.6 Å². The smallest absolute Gasteiger partial charge is 0.410 e. The average molecular weight is 350 g/mol. The fourth-order valence-corrected chi connectivity index (χ4v) is 3.40. The minimum absolute atomic E-state index is 0.00104. The van der Waals surface area contributed by atoms with Crippen LogP contribution in [-0.2, 0) is 16.1 Å². The Morgan fingerprint density at radius 3 is 2.60 bits per heavy atom. The molecule has 0 aliphatic carbocycles. The van der Waals surface area contributed by atoms with Crippen molar-refractivity contribution in [2.24, 2.45) is 0 Å². The second kappa shape index (κ2) is 5.98. The molecule has 7 heteroatoms. The third-order valence-electron chi connectivity index (χ3n) is 4.58. The van der Waals surface area contributed by atoms with Crippen LogP contribution in [0.4, 0.5) is 9.18 Å². The van der Waals surface area contributed by atoms with Crippen molar-refractivity contribution in [2.45, 2.75) is 50.7 Å². The lowest BCUT2D eigenvalue weighted by Crippen LogP contribution is -2.45. The van der Waals surface area contributed by atoms with Crippen molar-refractivity contribution in [1.29, 1.82) is 0 Å². The fourth-order valence-electron chi connectivity index (χ4n) is 3.40. The van der Waals surface area contributed by atoms with E-state index in [2.05, 4.69) is 0 Å². The Kier molecular flexibility index (Phi) is 4.23. The SMILES string of the molecule is CC(C)(C)OC(=O)N1CC2N(Cc3ccccc3)C(=O)C(O)C2(F)C1. The molecule has 2 fully saturated rings. The van der Waals surface area contributed by atoms with Gasteiger partial charge in [-0.05, 0) is 26.3 Å². The van der Waals surface area contributed by atoms with Crippen LogP contribution in [0, 0.1) is 0 Å². The Labute approximate surface area is 146 Å². The van der Waals surface area contributed by atoms with Crippen LogP contribution >= 0.6 is 0 Å². The molecule has 2 saturated heterocycles. The van der Waals surface area contributed by atoms with Gasteiger partial charge in [-0.1, -0.05) is 30.3 Å². The molecule has 0 radical (unpaired) electrons. The molecule has 2 heterocycles. The van der Waals surface area contributed by atoms with Crippen LogP contribution in [0.5, 0.6) is 0 Å². The molecule has 1 aromatic carbocycles. The summed E-state index contributed by atoms with van der Waals surface area (Å²) in [5.41, 5.74) is -2.04. The van der Waals surface area contributed by atoms with Crippen LogP contribution in [0.1, 0.15) is 26.3 Å². The lowest BCUT2D eigenvalue weighted by molar-refractivity contribution is -0.138. The Morgan fingerprint density at radius 2 is 2.00 bits per heavy atom. The normalized spacial score (nSPS) is 29.1. The molecule has 0 aromatic heterocycles. The first-order chi connectivity index (χ1) is 11.6. The van der Waals surface area contributed by atoms with Gasteiger partial charge in [0.15, 0.2) is 11.8 Å². The standard InChI is InChI=1S/C18H23FN2O4/c1-17(2,3)25-16(24)20-10-13-18(19,11-20)14(22)15(23)21(13)9-12-7-5-4-6-8-12/h4-8,13-14,22H,9-11H2,1-3H3. The Balaban J connectivity index is 1.80. The van der Waals surface area contributed by atoms with Crippen LogP contribution in [-0.4, -0.2) is 63.4 Å². The van der Waals surface area contributed by atoms with Crippen molar-refractivity contribution in [1.82, 2.24) is 9.80 Å². The zero-order valence-corrected chi connectivity index (χ0v) is 14.6. The summed E-state index contributed by atoms with van der Waals surface area (Å²) in [6.45, 7) is 5.02. The highest BCUT2D eigenvalue weighted by atomic mass is 19.1. The summed E-state index contributed by atoms with van der Waals surface area (Å²) in [6.07, 6.45) is -2.41. The van der Waals surface area contributed by atoms with E-state index in [4.69, 9.17) is 4.74 Å². The molecule has 2 amide bonds. The zero-order valence-electron chi connectivity index (χ0n) is 14.6. The number of benzene rings is 1. The first-order valence-corrected chi connectivity index (χ1v) is 8.31. The lowest BCUT2D eigenvalue weighted by atomic mass is 9.98. The molecule has 1 N–H and O–H groups in total. The molecule has 136 valence electrons. The Hall–Kier alpha value is -2.15. The summed E-state index contributed by atoms with van der Waals surface area (Å²) in [4.78, 5) is 27.1. The maximum atomic E-state index is 15.4. The average Bonchev–Trinajstić information content (AvgIpc) is 2.96. The number of carbonyl (C=O) groups is 2. The second-order valence-corrected chi connectivity index (χ2v) is 7.66. The molecule has 6 nitrogen and oxygen atoms in total. The number of nitrogens with zero attached hydrogens (tertiary/aromatic N) is 2. The molecule has 0 spiro atoms. The maximum Gasteiger partial charge on any atom is 0.410 e. The zero-order chi connectivity index (χ0) is 18.4. The molecule has 25 heavy (non-hydrogen) atoms. The van der Waals surface area contributed by atoms with Crippen LogP contribution in [0.2, 0.25) is 0 Å². The molecule has 3 unspecified atom stereocenters. The molecule has 1 aromatic rings. The summed E-state index contributed by atoms with van der Waals surface area (Å²) in [5, 5.41) is 10.2. The highest BCUT2D eigenvalue weighted by Crippen LogP contribution is 2.40. The molecule has 3 rings (SSSR count). The van der Waals surface area contributed by atoms with Crippen molar-refractivity contribution in [3.8, 4) is 0 Å². The van der Waals surface area contributed by atoms with Crippen molar-refractivity contribution in [2.75, 3.05) is 13.1 Å². The minimum atomic E-state index is -2.18. The number of alkyl halides is 1. The lowest BCUT2D eigenvalue weighted by Gasteiger charge is -2.26. The van der Waals surface area contributed by atoms with Crippen molar-refractivity contribution in [3.63, 3.8) is 0 Å². The van der Waals surface area contributed by atoms with E-state index in [0.717, 1.165) is 5.56 Å². The van der Waals surface area contributed by atoms with Crippen molar-refractivity contribution < 1.29 is 23.8 Å².